The first kappa shape index (κ1) is 23.7. The summed E-state index contributed by atoms with van der Waals surface area (Å²) in [5.74, 6) is 1.15. The Labute approximate surface area is 200 Å². The summed E-state index contributed by atoms with van der Waals surface area (Å²) in [7, 11) is 3.02. The largest absolute Gasteiger partial charge is 0.493 e. The van der Waals surface area contributed by atoms with Gasteiger partial charge in [-0.3, -0.25) is 5.32 Å². The van der Waals surface area contributed by atoms with E-state index >= 15 is 0 Å². The van der Waals surface area contributed by atoms with E-state index in [9.17, 15) is 9.18 Å². The molecule has 0 bridgehead atoms. The zero-order chi connectivity index (χ0) is 25.2. The number of ether oxygens (including phenoxy) is 3. The van der Waals surface area contributed by atoms with Crippen molar-refractivity contribution in [2.75, 3.05) is 24.9 Å². The number of rotatable bonds is 6. The minimum Gasteiger partial charge on any atom is -0.493 e. The Balaban J connectivity index is 1.49. The number of urea groups is 1. The molecule has 2 aromatic heterocycles. The topological polar surface area (TPSA) is 121 Å². The molecular weight excluding hydrogens is 457 g/mol. The van der Waals surface area contributed by atoms with Crippen LogP contribution in [-0.2, 0) is 5.41 Å². The van der Waals surface area contributed by atoms with Crippen molar-refractivity contribution < 1.29 is 27.9 Å². The number of methoxy groups -OCH3 is 2. The van der Waals surface area contributed by atoms with Crippen LogP contribution in [0, 0.1) is 5.82 Å². The van der Waals surface area contributed by atoms with Gasteiger partial charge in [0.25, 0.3) is 0 Å². The van der Waals surface area contributed by atoms with E-state index in [-0.39, 0.29) is 28.5 Å². The van der Waals surface area contributed by atoms with Crippen LogP contribution < -0.4 is 24.8 Å². The van der Waals surface area contributed by atoms with Crippen LogP contribution in [0.25, 0.3) is 10.9 Å². The predicted molar refractivity (Wildman–Crippen MR) is 127 cm³/mol. The highest BCUT2D eigenvalue weighted by Crippen LogP contribution is 2.36. The molecular formula is C24H24FN5O5. The average Bonchev–Trinajstić information content (AvgIpc) is 3.29. The van der Waals surface area contributed by atoms with Gasteiger partial charge in [0.1, 0.15) is 12.1 Å². The molecule has 182 valence electrons. The maximum Gasteiger partial charge on any atom is 0.324 e. The normalized spacial score (nSPS) is 11.3. The van der Waals surface area contributed by atoms with E-state index in [1.807, 2.05) is 20.8 Å². The Morgan fingerprint density at radius 3 is 2.37 bits per heavy atom. The molecule has 0 saturated heterocycles. The quantitative estimate of drug-likeness (QED) is 0.370. The van der Waals surface area contributed by atoms with Crippen molar-refractivity contribution in [3.63, 3.8) is 0 Å². The molecule has 0 aliphatic heterocycles. The molecule has 11 heteroatoms. The fourth-order valence-electron chi connectivity index (χ4n) is 3.17. The van der Waals surface area contributed by atoms with Gasteiger partial charge in [-0.15, -0.1) is 0 Å². The third kappa shape index (κ3) is 5.24. The lowest BCUT2D eigenvalue weighted by Crippen LogP contribution is -2.19. The lowest BCUT2D eigenvalue weighted by atomic mass is 9.93. The average molecular weight is 481 g/mol. The molecule has 2 aromatic carbocycles. The van der Waals surface area contributed by atoms with Gasteiger partial charge in [-0.1, -0.05) is 25.9 Å². The van der Waals surface area contributed by atoms with Gasteiger partial charge in [0.05, 0.1) is 25.1 Å². The minimum absolute atomic E-state index is 0.0861. The highest BCUT2D eigenvalue weighted by atomic mass is 19.1. The van der Waals surface area contributed by atoms with E-state index in [1.54, 1.807) is 18.2 Å². The summed E-state index contributed by atoms with van der Waals surface area (Å²) in [5, 5.41) is 9.42. The van der Waals surface area contributed by atoms with Crippen molar-refractivity contribution in [2.24, 2.45) is 0 Å². The number of fused-ring (bicyclic) bond motifs is 1. The van der Waals surface area contributed by atoms with Gasteiger partial charge in [0.15, 0.2) is 28.9 Å². The highest BCUT2D eigenvalue weighted by Gasteiger charge is 2.20. The summed E-state index contributed by atoms with van der Waals surface area (Å²) in [6.45, 7) is 5.88. The molecule has 2 N–H and O–H groups in total. The van der Waals surface area contributed by atoms with Gasteiger partial charge in [0, 0.05) is 29.3 Å². The van der Waals surface area contributed by atoms with Crippen molar-refractivity contribution in [1.29, 1.82) is 0 Å². The van der Waals surface area contributed by atoms with E-state index in [2.05, 4.69) is 25.8 Å². The molecule has 4 rings (SSSR count). The smallest absolute Gasteiger partial charge is 0.324 e. The zero-order valence-electron chi connectivity index (χ0n) is 19.8. The first-order chi connectivity index (χ1) is 16.7. The van der Waals surface area contributed by atoms with Gasteiger partial charge >= 0.3 is 6.03 Å². The number of halogens is 1. The number of nitrogens with zero attached hydrogens (tertiary/aromatic N) is 3. The first-order valence-corrected chi connectivity index (χ1v) is 10.6. The number of anilines is 2. The van der Waals surface area contributed by atoms with Crippen LogP contribution in [-0.4, -0.2) is 35.4 Å². The third-order valence-corrected chi connectivity index (χ3v) is 4.99. The van der Waals surface area contributed by atoms with Crippen LogP contribution in [0.5, 0.6) is 23.1 Å². The predicted octanol–water partition coefficient (Wildman–Crippen LogP) is 5.51. The fraction of sp³-hybridized carbons (Fsp3) is 0.250. The van der Waals surface area contributed by atoms with Crippen molar-refractivity contribution in [3.8, 4) is 23.1 Å². The van der Waals surface area contributed by atoms with Gasteiger partial charge < -0.3 is 24.1 Å². The second-order valence-corrected chi connectivity index (χ2v) is 8.56. The van der Waals surface area contributed by atoms with Crippen LogP contribution in [0.2, 0.25) is 0 Å². The Morgan fingerprint density at radius 1 is 0.971 bits per heavy atom. The molecule has 4 aromatic rings. The van der Waals surface area contributed by atoms with Gasteiger partial charge in [-0.25, -0.2) is 19.2 Å². The SMILES string of the molecule is COc1cc2ncnc(Oc3ccc(NC(=O)Nc4cc(C(C)(C)C)on4)cc3F)c2cc1OC. The Hall–Kier alpha value is -4.41. The second kappa shape index (κ2) is 9.45. The van der Waals surface area contributed by atoms with E-state index in [4.69, 9.17) is 18.7 Å². The molecule has 2 amide bonds. The molecule has 0 spiro atoms. The number of benzene rings is 2. The third-order valence-electron chi connectivity index (χ3n) is 4.99. The zero-order valence-corrected chi connectivity index (χ0v) is 19.8. The summed E-state index contributed by atoms with van der Waals surface area (Å²) < 4.78 is 36.4. The number of carbonyl (C=O) groups excluding carboxylic acids is 1. The van der Waals surface area contributed by atoms with Crippen LogP contribution >= 0.6 is 0 Å². The first-order valence-electron chi connectivity index (χ1n) is 10.6. The monoisotopic (exact) mass is 481 g/mol. The van der Waals surface area contributed by atoms with Crippen molar-refractivity contribution in [1.82, 2.24) is 15.1 Å². The van der Waals surface area contributed by atoms with Gasteiger partial charge in [0.2, 0.25) is 5.88 Å². The molecule has 0 fully saturated rings. The van der Waals surface area contributed by atoms with Crippen molar-refractivity contribution >= 4 is 28.4 Å². The minimum atomic E-state index is -0.702. The second-order valence-electron chi connectivity index (χ2n) is 8.56. The number of nitrogens with one attached hydrogen (secondary N) is 2. The summed E-state index contributed by atoms with van der Waals surface area (Å²) in [5.41, 5.74) is 0.491. The van der Waals surface area contributed by atoms with Crippen molar-refractivity contribution in [3.05, 3.63) is 54.3 Å². The van der Waals surface area contributed by atoms with Gasteiger partial charge in [-0.2, -0.15) is 0 Å². The highest BCUT2D eigenvalue weighted by molar-refractivity contribution is 5.99. The number of hydrogen-bond donors (Lipinski definition) is 2. The molecule has 0 unspecified atom stereocenters. The summed E-state index contributed by atoms with van der Waals surface area (Å²) in [6.07, 6.45) is 1.30. The Morgan fingerprint density at radius 2 is 1.71 bits per heavy atom. The molecule has 0 atom stereocenters. The maximum absolute atomic E-state index is 14.8. The lowest BCUT2D eigenvalue weighted by Gasteiger charge is -2.12. The van der Waals surface area contributed by atoms with Crippen molar-refractivity contribution in [2.45, 2.75) is 26.2 Å². The van der Waals surface area contributed by atoms with Gasteiger partial charge in [-0.05, 0) is 18.2 Å². The molecule has 0 aliphatic carbocycles. The standard InChI is InChI=1S/C24H24FN5O5/c1-24(2,3)20-11-21(30-35-20)29-23(31)28-13-6-7-17(15(25)8-13)34-22-14-9-18(32-4)19(33-5)10-16(14)26-12-27-22/h6-12H,1-5H3,(H2,28,29,30,31). The number of aromatic nitrogens is 3. The fourth-order valence-corrected chi connectivity index (χ4v) is 3.17. The van der Waals surface area contributed by atoms with E-state index in [0.717, 1.165) is 6.07 Å². The number of amides is 2. The van der Waals surface area contributed by atoms with Crippen LogP contribution in [0.1, 0.15) is 26.5 Å². The molecule has 0 radical (unpaired) electrons. The van der Waals surface area contributed by atoms with E-state index < -0.39 is 11.8 Å². The van der Waals surface area contributed by atoms with Crippen LogP contribution in [0.15, 0.2) is 47.2 Å². The molecule has 10 nitrogen and oxygen atoms in total. The molecule has 35 heavy (non-hydrogen) atoms. The van der Waals surface area contributed by atoms with E-state index in [0.29, 0.717) is 28.2 Å². The lowest BCUT2D eigenvalue weighted by molar-refractivity contribution is 0.262. The maximum atomic E-state index is 14.8. The number of hydrogen-bond acceptors (Lipinski definition) is 8. The van der Waals surface area contributed by atoms with Crippen LogP contribution in [0.4, 0.5) is 20.7 Å². The molecule has 0 saturated carbocycles. The van der Waals surface area contributed by atoms with E-state index in [1.165, 1.54) is 32.7 Å². The molecule has 2 heterocycles. The summed E-state index contributed by atoms with van der Waals surface area (Å²) in [6, 6.07) is 8.36. The number of carbonyl (C=O) groups is 1. The molecule has 0 aliphatic rings. The summed E-state index contributed by atoms with van der Waals surface area (Å²) >= 11 is 0. The van der Waals surface area contributed by atoms with Crippen LogP contribution in [0.3, 0.4) is 0 Å². The summed E-state index contributed by atoms with van der Waals surface area (Å²) in [4.78, 5) is 20.6. The Bertz CT molecular complexity index is 1380. The Kier molecular flexibility index (Phi) is 6.41.